The molecule has 0 amide bonds. The van der Waals surface area contributed by atoms with Gasteiger partial charge in [0.2, 0.25) is 0 Å². The zero-order valence-corrected chi connectivity index (χ0v) is 9.71. The van der Waals surface area contributed by atoms with Gasteiger partial charge >= 0.3 is 5.97 Å². The average molecular weight is 219 g/mol. The number of carboxylic acid groups (broad SMARTS) is 1. The van der Waals surface area contributed by atoms with Gasteiger partial charge in [0, 0.05) is 11.7 Å². The van der Waals surface area contributed by atoms with E-state index in [0.29, 0.717) is 0 Å². The van der Waals surface area contributed by atoms with E-state index in [1.165, 1.54) is 16.7 Å². The Labute approximate surface area is 95.5 Å². The summed E-state index contributed by atoms with van der Waals surface area (Å²) in [6.07, 6.45) is 2.08. The van der Waals surface area contributed by atoms with Gasteiger partial charge in [-0.1, -0.05) is 17.7 Å². The number of carbonyl (C=O) groups is 1. The standard InChI is InChI=1S/C13H17NO2/c1-8-5-9(2)13-10(6-8)3-4-11(14-13)7-12(15)16/h5-6,11,14H,3-4,7H2,1-2H3,(H,15,16). The number of aryl methyl sites for hydroxylation is 3. The molecule has 0 saturated carbocycles. The van der Waals surface area contributed by atoms with Crippen molar-refractivity contribution in [2.45, 2.75) is 39.2 Å². The van der Waals surface area contributed by atoms with Crippen LogP contribution in [0.25, 0.3) is 0 Å². The molecule has 1 heterocycles. The summed E-state index contributed by atoms with van der Waals surface area (Å²) in [7, 11) is 0. The third kappa shape index (κ3) is 2.18. The molecule has 1 aliphatic heterocycles. The van der Waals surface area contributed by atoms with Crippen LogP contribution in [-0.4, -0.2) is 17.1 Å². The minimum absolute atomic E-state index is 0.0754. The molecule has 3 nitrogen and oxygen atoms in total. The van der Waals surface area contributed by atoms with Gasteiger partial charge in [-0.3, -0.25) is 4.79 Å². The molecule has 3 heteroatoms. The molecule has 0 bridgehead atoms. The summed E-state index contributed by atoms with van der Waals surface area (Å²) in [4.78, 5) is 10.7. The van der Waals surface area contributed by atoms with Gasteiger partial charge in [-0.15, -0.1) is 0 Å². The molecule has 2 rings (SSSR count). The van der Waals surface area contributed by atoms with Crippen LogP contribution >= 0.6 is 0 Å². The number of hydrogen-bond acceptors (Lipinski definition) is 2. The van der Waals surface area contributed by atoms with Crippen LogP contribution in [0.2, 0.25) is 0 Å². The van der Waals surface area contributed by atoms with Crippen molar-refractivity contribution in [3.05, 3.63) is 28.8 Å². The topological polar surface area (TPSA) is 49.3 Å². The van der Waals surface area contributed by atoms with Gasteiger partial charge in [0.1, 0.15) is 0 Å². The van der Waals surface area contributed by atoms with Crippen LogP contribution in [0, 0.1) is 13.8 Å². The van der Waals surface area contributed by atoms with E-state index in [9.17, 15) is 4.79 Å². The number of anilines is 1. The van der Waals surface area contributed by atoms with Crippen LogP contribution in [-0.2, 0) is 11.2 Å². The summed E-state index contributed by atoms with van der Waals surface area (Å²) < 4.78 is 0. The average Bonchev–Trinajstić information content (AvgIpc) is 2.18. The fourth-order valence-electron chi connectivity index (χ4n) is 2.43. The highest BCUT2D eigenvalue weighted by Gasteiger charge is 2.21. The molecular formula is C13H17NO2. The lowest BCUT2D eigenvalue weighted by molar-refractivity contribution is -0.137. The summed E-state index contributed by atoms with van der Waals surface area (Å²) in [5, 5.41) is 12.1. The molecule has 0 radical (unpaired) electrons. The molecule has 1 aromatic rings. The van der Waals surface area contributed by atoms with Crippen molar-refractivity contribution in [3.63, 3.8) is 0 Å². The maximum absolute atomic E-state index is 10.7. The second kappa shape index (κ2) is 4.16. The molecule has 0 aromatic heterocycles. The zero-order valence-electron chi connectivity index (χ0n) is 9.71. The number of rotatable bonds is 2. The van der Waals surface area contributed by atoms with Crippen molar-refractivity contribution in [1.29, 1.82) is 0 Å². The molecular weight excluding hydrogens is 202 g/mol. The minimum atomic E-state index is -0.731. The lowest BCUT2D eigenvalue weighted by Gasteiger charge is -2.27. The van der Waals surface area contributed by atoms with Crippen LogP contribution in [0.5, 0.6) is 0 Å². The van der Waals surface area contributed by atoms with Crippen LogP contribution < -0.4 is 5.32 Å². The van der Waals surface area contributed by atoms with Crippen molar-refractivity contribution < 1.29 is 9.90 Å². The number of aliphatic carboxylic acids is 1. The molecule has 0 aliphatic carbocycles. The van der Waals surface area contributed by atoms with E-state index in [2.05, 4.69) is 31.3 Å². The number of fused-ring (bicyclic) bond motifs is 1. The molecule has 1 aliphatic rings. The minimum Gasteiger partial charge on any atom is -0.481 e. The quantitative estimate of drug-likeness (QED) is 0.803. The zero-order chi connectivity index (χ0) is 11.7. The van der Waals surface area contributed by atoms with Gasteiger partial charge in [-0.2, -0.15) is 0 Å². The van der Waals surface area contributed by atoms with Crippen LogP contribution in [0.3, 0.4) is 0 Å². The van der Waals surface area contributed by atoms with Gasteiger partial charge in [-0.25, -0.2) is 0 Å². The lowest BCUT2D eigenvalue weighted by Crippen LogP contribution is -2.28. The molecule has 1 atom stereocenters. The molecule has 1 unspecified atom stereocenters. The number of nitrogens with one attached hydrogen (secondary N) is 1. The summed E-state index contributed by atoms with van der Waals surface area (Å²) in [6.45, 7) is 4.17. The van der Waals surface area contributed by atoms with Gasteiger partial charge in [-0.05, 0) is 37.8 Å². The van der Waals surface area contributed by atoms with Gasteiger partial charge in [0.15, 0.2) is 0 Å². The molecule has 0 spiro atoms. The Balaban J connectivity index is 2.23. The highest BCUT2D eigenvalue weighted by molar-refractivity contribution is 5.69. The Kier molecular flexibility index (Phi) is 2.86. The number of benzene rings is 1. The molecule has 86 valence electrons. The predicted octanol–water partition coefficient (Wildman–Crippen LogP) is 2.50. The van der Waals surface area contributed by atoms with Crippen molar-refractivity contribution >= 4 is 11.7 Å². The van der Waals surface area contributed by atoms with Crippen molar-refractivity contribution in [3.8, 4) is 0 Å². The number of carboxylic acids is 1. The first-order valence-electron chi connectivity index (χ1n) is 5.64. The summed E-state index contributed by atoms with van der Waals surface area (Å²) in [6, 6.07) is 4.40. The Morgan fingerprint density at radius 1 is 1.50 bits per heavy atom. The maximum Gasteiger partial charge on any atom is 0.305 e. The Morgan fingerprint density at radius 2 is 2.25 bits per heavy atom. The van der Waals surface area contributed by atoms with Crippen LogP contribution in [0.4, 0.5) is 5.69 Å². The van der Waals surface area contributed by atoms with E-state index >= 15 is 0 Å². The van der Waals surface area contributed by atoms with E-state index in [1.54, 1.807) is 0 Å². The van der Waals surface area contributed by atoms with Crippen molar-refractivity contribution in [2.75, 3.05) is 5.32 Å². The molecule has 2 N–H and O–H groups in total. The Bertz CT molecular complexity index is 426. The summed E-state index contributed by atoms with van der Waals surface area (Å²) >= 11 is 0. The SMILES string of the molecule is Cc1cc(C)c2c(c1)CCC(CC(=O)O)N2. The van der Waals surface area contributed by atoms with E-state index in [1.807, 2.05) is 0 Å². The normalized spacial score (nSPS) is 18.8. The van der Waals surface area contributed by atoms with E-state index < -0.39 is 5.97 Å². The first-order chi connectivity index (χ1) is 7.56. The van der Waals surface area contributed by atoms with Crippen LogP contribution in [0.15, 0.2) is 12.1 Å². The third-order valence-electron chi connectivity index (χ3n) is 3.09. The molecule has 16 heavy (non-hydrogen) atoms. The highest BCUT2D eigenvalue weighted by atomic mass is 16.4. The second-order valence-electron chi connectivity index (χ2n) is 4.59. The number of hydrogen-bond donors (Lipinski definition) is 2. The smallest absolute Gasteiger partial charge is 0.305 e. The second-order valence-corrected chi connectivity index (χ2v) is 4.59. The van der Waals surface area contributed by atoms with Gasteiger partial charge in [0.25, 0.3) is 0 Å². The fraction of sp³-hybridized carbons (Fsp3) is 0.462. The first kappa shape index (κ1) is 11.0. The molecule has 1 aromatic carbocycles. The molecule has 0 saturated heterocycles. The van der Waals surface area contributed by atoms with Crippen LogP contribution in [0.1, 0.15) is 29.5 Å². The van der Waals surface area contributed by atoms with Crippen molar-refractivity contribution in [1.82, 2.24) is 0 Å². The fourth-order valence-corrected chi connectivity index (χ4v) is 2.43. The largest absolute Gasteiger partial charge is 0.481 e. The monoisotopic (exact) mass is 219 g/mol. The lowest BCUT2D eigenvalue weighted by atomic mass is 9.92. The Morgan fingerprint density at radius 3 is 2.94 bits per heavy atom. The summed E-state index contributed by atoms with van der Waals surface area (Å²) in [5.41, 5.74) is 4.95. The van der Waals surface area contributed by atoms with Gasteiger partial charge in [0.05, 0.1) is 6.42 Å². The van der Waals surface area contributed by atoms with E-state index in [0.717, 1.165) is 18.5 Å². The van der Waals surface area contributed by atoms with E-state index in [-0.39, 0.29) is 12.5 Å². The Hall–Kier alpha value is -1.51. The summed E-state index contributed by atoms with van der Waals surface area (Å²) in [5.74, 6) is -0.731. The van der Waals surface area contributed by atoms with Gasteiger partial charge < -0.3 is 10.4 Å². The molecule has 0 fully saturated rings. The first-order valence-corrected chi connectivity index (χ1v) is 5.64. The highest BCUT2D eigenvalue weighted by Crippen LogP contribution is 2.30. The van der Waals surface area contributed by atoms with E-state index in [4.69, 9.17) is 5.11 Å². The van der Waals surface area contributed by atoms with Crippen molar-refractivity contribution in [2.24, 2.45) is 0 Å². The predicted molar refractivity (Wildman–Crippen MR) is 63.9 cm³/mol. The maximum atomic E-state index is 10.7. The third-order valence-corrected chi connectivity index (χ3v) is 3.09.